The van der Waals surface area contributed by atoms with Gasteiger partial charge in [-0.3, -0.25) is 0 Å². The monoisotopic (exact) mass is 261 g/mol. The van der Waals surface area contributed by atoms with Crippen LogP contribution in [-0.2, 0) is 20.1 Å². The summed E-state index contributed by atoms with van der Waals surface area (Å²) in [6.07, 6.45) is 4.26. The molecule has 0 amide bonds. The third-order valence-corrected chi connectivity index (χ3v) is 3.20. The maximum atomic E-state index is 4.18. The topological polar surface area (TPSA) is 47.7 Å². The molecule has 2 aromatic rings. The Morgan fingerprint density at radius 1 is 1.32 bits per heavy atom. The number of hydrogen-bond acceptors (Lipinski definition) is 3. The molecule has 0 unspecified atom stereocenters. The van der Waals surface area contributed by atoms with Crippen LogP contribution in [0.25, 0.3) is 0 Å². The van der Waals surface area contributed by atoms with E-state index < -0.39 is 0 Å². The predicted octanol–water partition coefficient (Wildman–Crippen LogP) is 1.72. The van der Waals surface area contributed by atoms with Crippen molar-refractivity contribution in [3.63, 3.8) is 0 Å². The highest BCUT2D eigenvalue weighted by Crippen LogP contribution is 2.05. The quantitative estimate of drug-likeness (QED) is 0.861. The molecule has 0 aliphatic rings. The van der Waals surface area contributed by atoms with Crippen LogP contribution in [0.2, 0.25) is 0 Å². The second kappa shape index (κ2) is 6.02. The summed E-state index contributed by atoms with van der Waals surface area (Å²) in [4.78, 5) is 0. The summed E-state index contributed by atoms with van der Waals surface area (Å²) in [5.74, 6) is 2.61. The van der Waals surface area contributed by atoms with Crippen LogP contribution in [0, 0.1) is 12.8 Å². The van der Waals surface area contributed by atoms with E-state index in [9.17, 15) is 0 Å². The van der Waals surface area contributed by atoms with Crippen molar-refractivity contribution in [2.75, 3.05) is 6.54 Å². The third-order valence-electron chi connectivity index (χ3n) is 3.20. The first-order valence-electron chi connectivity index (χ1n) is 6.76. The molecule has 0 aliphatic carbocycles. The van der Waals surface area contributed by atoms with E-state index in [1.165, 1.54) is 5.56 Å². The standard InChI is InChI=1S/C14H23N5/c1-11(2)7-15-8-13-5-6-19(9-13)10-14-17-16-12(3)18(14)4/h5-6,9,11,15H,7-8,10H2,1-4H3. The highest BCUT2D eigenvalue weighted by Gasteiger charge is 2.05. The summed E-state index contributed by atoms with van der Waals surface area (Å²) in [7, 11) is 2.00. The Bertz CT molecular complexity index is 524. The summed E-state index contributed by atoms with van der Waals surface area (Å²) in [5.41, 5.74) is 1.31. The predicted molar refractivity (Wildman–Crippen MR) is 75.8 cm³/mol. The molecule has 0 radical (unpaired) electrons. The first-order chi connectivity index (χ1) is 9.06. The first-order valence-corrected chi connectivity index (χ1v) is 6.76. The van der Waals surface area contributed by atoms with Gasteiger partial charge in [0.15, 0.2) is 5.82 Å². The Labute approximate surface area is 114 Å². The van der Waals surface area contributed by atoms with Crippen molar-refractivity contribution >= 4 is 0 Å². The van der Waals surface area contributed by atoms with Gasteiger partial charge in [-0.05, 0) is 31.0 Å². The van der Waals surface area contributed by atoms with Crippen LogP contribution in [-0.4, -0.2) is 25.9 Å². The molecular formula is C14H23N5. The molecule has 0 saturated carbocycles. The smallest absolute Gasteiger partial charge is 0.152 e. The molecule has 0 saturated heterocycles. The number of nitrogens with zero attached hydrogens (tertiary/aromatic N) is 4. The van der Waals surface area contributed by atoms with E-state index in [-0.39, 0.29) is 0 Å². The Morgan fingerprint density at radius 3 is 2.74 bits per heavy atom. The van der Waals surface area contributed by atoms with Gasteiger partial charge in [-0.15, -0.1) is 10.2 Å². The van der Waals surface area contributed by atoms with Crippen molar-refractivity contribution in [3.8, 4) is 0 Å². The maximum Gasteiger partial charge on any atom is 0.152 e. The molecule has 0 aromatic carbocycles. The van der Waals surface area contributed by atoms with Crippen LogP contribution < -0.4 is 5.32 Å². The van der Waals surface area contributed by atoms with Crippen LogP contribution >= 0.6 is 0 Å². The lowest BCUT2D eigenvalue weighted by Gasteiger charge is -2.06. The number of hydrogen-bond donors (Lipinski definition) is 1. The van der Waals surface area contributed by atoms with Gasteiger partial charge in [0.05, 0.1) is 6.54 Å². The molecule has 0 atom stereocenters. The zero-order valence-electron chi connectivity index (χ0n) is 12.2. The van der Waals surface area contributed by atoms with Crippen LogP contribution in [0.4, 0.5) is 0 Å². The van der Waals surface area contributed by atoms with E-state index in [1.54, 1.807) is 0 Å². The summed E-state index contributed by atoms with van der Waals surface area (Å²) in [6, 6.07) is 2.15. The Morgan fingerprint density at radius 2 is 2.11 bits per heavy atom. The lowest BCUT2D eigenvalue weighted by molar-refractivity contribution is 0.552. The number of aryl methyl sites for hydroxylation is 1. The fourth-order valence-corrected chi connectivity index (χ4v) is 1.95. The van der Waals surface area contributed by atoms with Gasteiger partial charge in [-0.25, -0.2) is 0 Å². The minimum absolute atomic E-state index is 0.684. The molecule has 2 aromatic heterocycles. The zero-order chi connectivity index (χ0) is 13.8. The van der Waals surface area contributed by atoms with E-state index >= 15 is 0 Å². The van der Waals surface area contributed by atoms with Crippen LogP contribution in [0.1, 0.15) is 31.1 Å². The molecule has 5 heteroatoms. The molecule has 0 aliphatic heterocycles. The van der Waals surface area contributed by atoms with Gasteiger partial charge in [-0.1, -0.05) is 13.8 Å². The molecular weight excluding hydrogens is 238 g/mol. The van der Waals surface area contributed by atoms with Crippen molar-refractivity contribution in [2.45, 2.75) is 33.9 Å². The fraction of sp³-hybridized carbons (Fsp3) is 0.571. The summed E-state index contributed by atoms with van der Waals surface area (Å²) in [6.45, 7) is 9.13. The van der Waals surface area contributed by atoms with E-state index in [0.29, 0.717) is 5.92 Å². The van der Waals surface area contributed by atoms with Gasteiger partial charge in [0, 0.05) is 26.0 Å². The number of nitrogens with one attached hydrogen (secondary N) is 1. The lowest BCUT2D eigenvalue weighted by atomic mass is 10.2. The van der Waals surface area contributed by atoms with Crippen molar-refractivity contribution in [1.29, 1.82) is 0 Å². The lowest BCUT2D eigenvalue weighted by Crippen LogP contribution is -2.18. The van der Waals surface area contributed by atoms with Gasteiger partial charge in [-0.2, -0.15) is 0 Å². The van der Waals surface area contributed by atoms with Crippen LogP contribution in [0.15, 0.2) is 18.5 Å². The summed E-state index contributed by atoms with van der Waals surface area (Å²) >= 11 is 0. The molecule has 2 rings (SSSR count). The van der Waals surface area contributed by atoms with Crippen molar-refractivity contribution in [2.24, 2.45) is 13.0 Å². The molecule has 1 N–H and O–H groups in total. The second-order valence-corrected chi connectivity index (χ2v) is 5.44. The molecule has 2 heterocycles. The number of aromatic nitrogens is 4. The minimum atomic E-state index is 0.684. The van der Waals surface area contributed by atoms with Crippen LogP contribution in [0.3, 0.4) is 0 Å². The Hall–Kier alpha value is -1.62. The van der Waals surface area contributed by atoms with E-state index in [2.05, 4.69) is 52.4 Å². The average Bonchev–Trinajstić information content (AvgIpc) is 2.91. The highest BCUT2D eigenvalue weighted by molar-refractivity contribution is 5.11. The molecule has 0 fully saturated rings. The first kappa shape index (κ1) is 13.8. The minimum Gasteiger partial charge on any atom is -0.346 e. The summed E-state index contributed by atoms with van der Waals surface area (Å²) < 4.78 is 4.17. The molecule has 0 spiro atoms. The zero-order valence-corrected chi connectivity index (χ0v) is 12.2. The normalized spacial score (nSPS) is 11.4. The van der Waals surface area contributed by atoms with Gasteiger partial charge < -0.3 is 14.5 Å². The van der Waals surface area contributed by atoms with Crippen molar-refractivity contribution in [1.82, 2.24) is 24.6 Å². The summed E-state index contributed by atoms with van der Waals surface area (Å²) in [5, 5.41) is 11.7. The van der Waals surface area contributed by atoms with Gasteiger partial charge >= 0.3 is 0 Å². The fourth-order valence-electron chi connectivity index (χ4n) is 1.95. The molecule has 104 valence electrons. The molecule has 5 nitrogen and oxygen atoms in total. The SMILES string of the molecule is Cc1nnc(Cn2ccc(CNCC(C)C)c2)n1C. The average molecular weight is 261 g/mol. The van der Waals surface area contributed by atoms with E-state index in [4.69, 9.17) is 0 Å². The van der Waals surface area contributed by atoms with Crippen molar-refractivity contribution in [3.05, 3.63) is 35.7 Å². The second-order valence-electron chi connectivity index (χ2n) is 5.44. The van der Waals surface area contributed by atoms with E-state index in [0.717, 1.165) is 31.3 Å². The van der Waals surface area contributed by atoms with Gasteiger partial charge in [0.25, 0.3) is 0 Å². The Kier molecular flexibility index (Phi) is 4.37. The molecule has 0 bridgehead atoms. The van der Waals surface area contributed by atoms with Gasteiger partial charge in [0.1, 0.15) is 5.82 Å². The molecule has 19 heavy (non-hydrogen) atoms. The van der Waals surface area contributed by atoms with E-state index in [1.807, 2.05) is 18.5 Å². The van der Waals surface area contributed by atoms with Gasteiger partial charge in [0.2, 0.25) is 0 Å². The third kappa shape index (κ3) is 3.67. The Balaban J connectivity index is 1.92. The maximum absolute atomic E-state index is 4.18. The van der Waals surface area contributed by atoms with Crippen LogP contribution in [0.5, 0.6) is 0 Å². The number of rotatable bonds is 6. The highest BCUT2D eigenvalue weighted by atomic mass is 15.3. The van der Waals surface area contributed by atoms with Crippen molar-refractivity contribution < 1.29 is 0 Å². The largest absolute Gasteiger partial charge is 0.346 e.